The molecule has 4 heteroatoms. The van der Waals surface area contributed by atoms with Crippen molar-refractivity contribution in [2.45, 2.75) is 56.2 Å². The topological polar surface area (TPSA) is 16.4 Å². The Kier molecular flexibility index (Phi) is 8.00. The van der Waals surface area contributed by atoms with E-state index in [0.29, 0.717) is 17.1 Å². The van der Waals surface area contributed by atoms with Crippen LogP contribution < -0.4 is 4.90 Å². The molecule has 0 amide bonds. The van der Waals surface area contributed by atoms with Gasteiger partial charge in [0, 0.05) is 59.5 Å². The van der Waals surface area contributed by atoms with Crippen LogP contribution in [0.15, 0.2) is 178 Å². The van der Waals surface area contributed by atoms with Crippen LogP contribution in [0.5, 0.6) is 0 Å². The number of benzene rings is 5. The molecule has 3 heterocycles. The fourth-order valence-electron chi connectivity index (χ4n) is 11.4. The lowest BCUT2D eigenvalue weighted by Gasteiger charge is -2.33. The first-order chi connectivity index (χ1) is 30.0. The van der Waals surface area contributed by atoms with Gasteiger partial charge in [0.15, 0.2) is 5.58 Å². The van der Waals surface area contributed by atoms with E-state index < -0.39 is 0 Å². The van der Waals surface area contributed by atoms with E-state index in [4.69, 9.17) is 4.42 Å². The highest BCUT2D eigenvalue weighted by atomic mass is 32.2. The number of hydrogen-bond acceptors (Lipinski definition) is 4. The van der Waals surface area contributed by atoms with Gasteiger partial charge in [-0.3, -0.25) is 0 Å². The number of hydrogen-bond donors (Lipinski definition) is 0. The molecule has 1 fully saturated rings. The van der Waals surface area contributed by atoms with Gasteiger partial charge >= 0.3 is 0 Å². The molecular weight excluding hydrogens is 779 g/mol. The second kappa shape index (κ2) is 13.6. The highest BCUT2D eigenvalue weighted by molar-refractivity contribution is 8.04. The van der Waals surface area contributed by atoms with E-state index in [1.807, 2.05) is 11.3 Å². The third-order valence-corrected chi connectivity index (χ3v) is 17.2. The SMILES string of the molecule is CC1(C)c2ccccc2-c2c1ccc1c2oc2c(N(c3ccc(-c4cccc5c6c(sc45)CCC=C6)cc3)C3C=CC(C4=C5SC6C=CC=CC6C5CC=C4)=CC3)cccc21. The molecule has 0 spiro atoms. The summed E-state index contributed by atoms with van der Waals surface area (Å²) >= 11 is 4.06. The van der Waals surface area contributed by atoms with Crippen molar-refractivity contribution in [3.8, 4) is 22.3 Å². The van der Waals surface area contributed by atoms with Gasteiger partial charge in [0.1, 0.15) is 5.58 Å². The van der Waals surface area contributed by atoms with Crippen molar-refractivity contribution in [1.29, 1.82) is 0 Å². The molecule has 5 aromatic carbocycles. The molecule has 0 saturated carbocycles. The number of anilines is 2. The smallest absolute Gasteiger partial charge is 0.159 e. The van der Waals surface area contributed by atoms with Crippen LogP contribution in [0.4, 0.5) is 11.4 Å². The van der Waals surface area contributed by atoms with Crippen LogP contribution in [0.3, 0.4) is 0 Å². The van der Waals surface area contributed by atoms with Crippen molar-refractivity contribution in [3.05, 3.63) is 195 Å². The van der Waals surface area contributed by atoms with Crippen LogP contribution in [0, 0.1) is 11.8 Å². The molecule has 61 heavy (non-hydrogen) atoms. The minimum atomic E-state index is -0.0949. The van der Waals surface area contributed by atoms with Crippen molar-refractivity contribution in [2.24, 2.45) is 11.8 Å². The molecule has 296 valence electrons. The summed E-state index contributed by atoms with van der Waals surface area (Å²) in [5.74, 6) is 1.16. The van der Waals surface area contributed by atoms with Gasteiger partial charge in [-0.1, -0.05) is 160 Å². The number of thioether (sulfide) groups is 1. The Bertz CT molecular complexity index is 3230. The van der Waals surface area contributed by atoms with E-state index >= 15 is 0 Å². The summed E-state index contributed by atoms with van der Waals surface area (Å²) in [7, 11) is 0. The fourth-order valence-corrected chi connectivity index (χ4v) is 14.4. The molecule has 4 atom stereocenters. The summed E-state index contributed by atoms with van der Waals surface area (Å²) in [5.41, 5.74) is 16.1. The Balaban J connectivity index is 0.936. The van der Waals surface area contributed by atoms with E-state index in [-0.39, 0.29) is 11.5 Å². The molecule has 0 N–H and O–H groups in total. The average molecular weight is 824 g/mol. The van der Waals surface area contributed by atoms with Crippen LogP contribution in [-0.4, -0.2) is 11.3 Å². The largest absolute Gasteiger partial charge is 0.453 e. The normalized spacial score (nSPS) is 22.8. The summed E-state index contributed by atoms with van der Waals surface area (Å²) in [6.45, 7) is 4.69. The van der Waals surface area contributed by atoms with Gasteiger partial charge in [0.05, 0.1) is 11.7 Å². The lowest BCUT2D eigenvalue weighted by atomic mass is 9.80. The molecule has 1 saturated heterocycles. The van der Waals surface area contributed by atoms with E-state index in [2.05, 4.69) is 194 Å². The number of allylic oxidation sites excluding steroid dienone is 10. The van der Waals surface area contributed by atoms with Crippen molar-refractivity contribution >= 4 is 72.6 Å². The minimum absolute atomic E-state index is 0.0941. The number of nitrogens with zero attached hydrogens (tertiary/aromatic N) is 1. The molecule has 13 rings (SSSR count). The number of furan rings is 1. The van der Waals surface area contributed by atoms with Crippen molar-refractivity contribution in [1.82, 2.24) is 0 Å². The molecule has 0 radical (unpaired) electrons. The van der Waals surface area contributed by atoms with Crippen molar-refractivity contribution in [2.75, 3.05) is 4.90 Å². The van der Waals surface area contributed by atoms with Crippen LogP contribution >= 0.6 is 23.1 Å². The summed E-state index contributed by atoms with van der Waals surface area (Å²) in [6.07, 6.45) is 30.4. The predicted octanol–water partition coefficient (Wildman–Crippen LogP) is 15.8. The number of thiophene rings is 1. The number of rotatable bonds is 5. The average Bonchev–Trinajstić information content (AvgIpc) is 4.06. The Morgan fingerprint density at radius 3 is 2.44 bits per heavy atom. The van der Waals surface area contributed by atoms with Gasteiger partial charge in [-0.15, -0.1) is 23.1 Å². The standard InChI is InChI=1S/C57H45NOS2/c1-57(2)47-20-6-3-14-46(47)52-48(57)33-32-43-42-17-11-21-49(53(42)59-54(43)52)58(36-28-24-34(25-29-36)38-15-9-18-44-40-12-4-7-22-50(40)60-55(38)44)37-30-26-35(27-31-37)39-16-10-19-45-41-13-5-8-23-51(41)61-56(39)45/h3-7,9-17,19-22,24-28,30-33,36,40,44,50H,8,18,23,29H2,1-2H3. The molecule has 0 bridgehead atoms. The molecule has 5 aliphatic carbocycles. The van der Waals surface area contributed by atoms with Gasteiger partial charge in [-0.25, -0.2) is 0 Å². The van der Waals surface area contributed by atoms with Crippen LogP contribution in [0.2, 0.25) is 0 Å². The third kappa shape index (κ3) is 5.34. The van der Waals surface area contributed by atoms with Gasteiger partial charge in [-0.2, -0.15) is 0 Å². The monoisotopic (exact) mass is 823 g/mol. The zero-order chi connectivity index (χ0) is 40.4. The second-order valence-corrected chi connectivity index (χ2v) is 20.4. The maximum atomic E-state index is 7.25. The summed E-state index contributed by atoms with van der Waals surface area (Å²) in [4.78, 5) is 5.62. The van der Waals surface area contributed by atoms with E-state index in [1.54, 1.807) is 4.91 Å². The number of para-hydroxylation sites is 1. The quantitative estimate of drug-likeness (QED) is 0.172. The Hall–Kier alpha value is -5.81. The van der Waals surface area contributed by atoms with Crippen LogP contribution in [-0.2, 0) is 11.8 Å². The molecule has 4 unspecified atom stereocenters. The second-order valence-electron chi connectivity index (χ2n) is 18.0. The molecule has 6 aliphatic rings. The lowest BCUT2D eigenvalue weighted by Crippen LogP contribution is -2.30. The first-order valence-electron chi connectivity index (χ1n) is 22.0. The third-order valence-electron chi connectivity index (χ3n) is 14.4. The zero-order valence-corrected chi connectivity index (χ0v) is 36.0. The molecule has 7 aromatic rings. The van der Waals surface area contributed by atoms with Crippen LogP contribution in [0.25, 0.3) is 60.4 Å². The van der Waals surface area contributed by atoms with Crippen molar-refractivity contribution in [3.63, 3.8) is 0 Å². The predicted molar refractivity (Wildman–Crippen MR) is 261 cm³/mol. The van der Waals surface area contributed by atoms with Crippen molar-refractivity contribution < 1.29 is 4.42 Å². The first kappa shape index (κ1) is 35.9. The molecule has 1 aliphatic heterocycles. The Morgan fingerprint density at radius 1 is 0.705 bits per heavy atom. The summed E-state index contributed by atoms with van der Waals surface area (Å²) < 4.78 is 8.64. The maximum Gasteiger partial charge on any atom is 0.159 e. The Labute approximate surface area is 365 Å². The van der Waals surface area contributed by atoms with E-state index in [9.17, 15) is 0 Å². The minimum Gasteiger partial charge on any atom is -0.453 e. The van der Waals surface area contributed by atoms with Gasteiger partial charge in [-0.05, 0) is 93.3 Å². The lowest BCUT2D eigenvalue weighted by molar-refractivity contribution is 0.498. The first-order valence-corrected chi connectivity index (χ1v) is 23.7. The summed E-state index contributed by atoms with van der Waals surface area (Å²) in [6, 6.07) is 36.5. The van der Waals surface area contributed by atoms with Crippen LogP contribution in [0.1, 0.15) is 54.7 Å². The molecular formula is C57H45NOS2. The Morgan fingerprint density at radius 2 is 1.54 bits per heavy atom. The van der Waals surface area contributed by atoms with Gasteiger partial charge in [0.2, 0.25) is 0 Å². The van der Waals surface area contributed by atoms with E-state index in [1.165, 1.54) is 70.4 Å². The summed E-state index contributed by atoms with van der Waals surface area (Å²) in [5, 5.41) is 4.25. The maximum absolute atomic E-state index is 7.25. The fraction of sp³-hybridized carbons (Fsp3) is 0.193. The molecule has 2 nitrogen and oxygen atoms in total. The van der Waals surface area contributed by atoms with Gasteiger partial charge in [0.25, 0.3) is 0 Å². The highest BCUT2D eigenvalue weighted by Crippen LogP contribution is 2.56. The number of aryl methyl sites for hydroxylation is 1. The van der Waals surface area contributed by atoms with Gasteiger partial charge < -0.3 is 9.32 Å². The van der Waals surface area contributed by atoms with E-state index in [0.717, 1.165) is 53.6 Å². The molecule has 2 aromatic heterocycles. The number of fused-ring (bicyclic) bond motifs is 13. The highest BCUT2D eigenvalue weighted by Gasteiger charge is 2.41. The zero-order valence-electron chi connectivity index (χ0n) is 34.4.